The first-order chi connectivity index (χ1) is 6.77. The lowest BCUT2D eigenvalue weighted by Gasteiger charge is -2.18. The fraction of sp³-hybridized carbons (Fsp3) is 0.364. The van der Waals surface area contributed by atoms with E-state index in [1.807, 2.05) is 36.0 Å². The number of aldehydes is 1. The van der Waals surface area contributed by atoms with Crippen LogP contribution < -0.4 is 4.90 Å². The standard InChI is InChI=1S/C11H15NOS/c1-12(7-8-14-2)11-5-3-10(9-13)4-6-11/h3-6,9H,7-8H2,1-2H3. The molecular formula is C11H15NOS. The van der Waals surface area contributed by atoms with Crippen LogP contribution in [0.4, 0.5) is 5.69 Å². The zero-order valence-corrected chi connectivity index (χ0v) is 9.38. The molecular weight excluding hydrogens is 194 g/mol. The first-order valence-electron chi connectivity index (χ1n) is 4.53. The summed E-state index contributed by atoms with van der Waals surface area (Å²) in [6, 6.07) is 7.64. The second-order valence-electron chi connectivity index (χ2n) is 3.12. The van der Waals surface area contributed by atoms with Crippen molar-refractivity contribution in [1.29, 1.82) is 0 Å². The molecule has 76 valence electrons. The van der Waals surface area contributed by atoms with Gasteiger partial charge in [0, 0.05) is 30.6 Å². The molecule has 0 spiro atoms. The van der Waals surface area contributed by atoms with Gasteiger partial charge in [0.15, 0.2) is 0 Å². The van der Waals surface area contributed by atoms with E-state index in [1.54, 1.807) is 0 Å². The molecule has 0 aromatic heterocycles. The number of nitrogens with zero attached hydrogens (tertiary/aromatic N) is 1. The highest BCUT2D eigenvalue weighted by Crippen LogP contribution is 2.13. The number of thioether (sulfide) groups is 1. The van der Waals surface area contributed by atoms with Crippen LogP contribution in [0.15, 0.2) is 24.3 Å². The number of anilines is 1. The van der Waals surface area contributed by atoms with Gasteiger partial charge in [-0.2, -0.15) is 11.8 Å². The predicted molar refractivity (Wildman–Crippen MR) is 63.5 cm³/mol. The van der Waals surface area contributed by atoms with Crippen molar-refractivity contribution in [2.75, 3.05) is 30.5 Å². The van der Waals surface area contributed by atoms with E-state index < -0.39 is 0 Å². The molecule has 0 aliphatic rings. The minimum atomic E-state index is 0.729. The molecule has 0 radical (unpaired) electrons. The van der Waals surface area contributed by atoms with E-state index in [1.165, 1.54) is 0 Å². The summed E-state index contributed by atoms with van der Waals surface area (Å²) in [5.74, 6) is 1.12. The first-order valence-corrected chi connectivity index (χ1v) is 5.92. The second-order valence-corrected chi connectivity index (χ2v) is 4.11. The highest BCUT2D eigenvalue weighted by molar-refractivity contribution is 7.98. The maximum Gasteiger partial charge on any atom is 0.150 e. The van der Waals surface area contributed by atoms with E-state index in [4.69, 9.17) is 0 Å². The monoisotopic (exact) mass is 209 g/mol. The maximum absolute atomic E-state index is 10.4. The van der Waals surface area contributed by atoms with Gasteiger partial charge >= 0.3 is 0 Å². The molecule has 0 aliphatic heterocycles. The van der Waals surface area contributed by atoms with Crippen molar-refractivity contribution in [2.45, 2.75) is 0 Å². The molecule has 3 heteroatoms. The van der Waals surface area contributed by atoms with E-state index >= 15 is 0 Å². The molecule has 0 unspecified atom stereocenters. The van der Waals surface area contributed by atoms with Crippen molar-refractivity contribution in [3.63, 3.8) is 0 Å². The molecule has 0 saturated carbocycles. The first kappa shape index (κ1) is 11.1. The van der Waals surface area contributed by atoms with Crippen molar-refractivity contribution >= 4 is 23.7 Å². The molecule has 0 fully saturated rings. The SMILES string of the molecule is CSCCN(C)c1ccc(C=O)cc1. The van der Waals surface area contributed by atoms with Crippen LogP contribution in [-0.4, -0.2) is 31.9 Å². The van der Waals surface area contributed by atoms with E-state index in [2.05, 4.69) is 18.2 Å². The molecule has 0 atom stereocenters. The number of rotatable bonds is 5. The van der Waals surface area contributed by atoms with Crippen LogP contribution in [0.25, 0.3) is 0 Å². The van der Waals surface area contributed by atoms with Crippen molar-refractivity contribution < 1.29 is 4.79 Å². The Morgan fingerprint density at radius 1 is 1.36 bits per heavy atom. The number of carbonyl (C=O) groups is 1. The third-order valence-corrected chi connectivity index (χ3v) is 2.69. The van der Waals surface area contributed by atoms with Crippen molar-refractivity contribution in [3.05, 3.63) is 29.8 Å². The number of benzene rings is 1. The zero-order chi connectivity index (χ0) is 10.4. The Morgan fingerprint density at radius 3 is 2.50 bits per heavy atom. The number of hydrogen-bond acceptors (Lipinski definition) is 3. The van der Waals surface area contributed by atoms with E-state index in [0.29, 0.717) is 0 Å². The van der Waals surface area contributed by atoms with Gasteiger partial charge in [-0.25, -0.2) is 0 Å². The Kier molecular flexibility index (Phi) is 4.53. The molecule has 1 rings (SSSR count). The maximum atomic E-state index is 10.4. The third-order valence-electron chi connectivity index (χ3n) is 2.10. The van der Waals surface area contributed by atoms with Crippen LogP contribution >= 0.6 is 11.8 Å². The summed E-state index contributed by atoms with van der Waals surface area (Å²) in [5.41, 5.74) is 1.89. The largest absolute Gasteiger partial charge is 0.374 e. The third kappa shape index (κ3) is 3.07. The quantitative estimate of drug-likeness (QED) is 0.694. The highest BCUT2D eigenvalue weighted by Gasteiger charge is 1.99. The van der Waals surface area contributed by atoms with Crippen LogP contribution in [0.5, 0.6) is 0 Å². The van der Waals surface area contributed by atoms with Gasteiger partial charge in [-0.15, -0.1) is 0 Å². The zero-order valence-electron chi connectivity index (χ0n) is 8.56. The number of hydrogen-bond donors (Lipinski definition) is 0. The topological polar surface area (TPSA) is 20.3 Å². The lowest BCUT2D eigenvalue weighted by atomic mass is 10.2. The fourth-order valence-electron chi connectivity index (χ4n) is 1.16. The van der Waals surface area contributed by atoms with Crippen LogP contribution in [-0.2, 0) is 0 Å². The van der Waals surface area contributed by atoms with Gasteiger partial charge in [0.2, 0.25) is 0 Å². The number of carbonyl (C=O) groups excluding carboxylic acids is 1. The lowest BCUT2D eigenvalue weighted by Crippen LogP contribution is -2.19. The summed E-state index contributed by atoms with van der Waals surface area (Å²) in [7, 11) is 2.06. The van der Waals surface area contributed by atoms with E-state index in [9.17, 15) is 4.79 Å². The summed E-state index contributed by atoms with van der Waals surface area (Å²) < 4.78 is 0. The molecule has 0 aliphatic carbocycles. The van der Waals surface area contributed by atoms with Gasteiger partial charge in [0.25, 0.3) is 0 Å². The van der Waals surface area contributed by atoms with Crippen LogP contribution in [0, 0.1) is 0 Å². The molecule has 2 nitrogen and oxygen atoms in total. The predicted octanol–water partition coefficient (Wildman–Crippen LogP) is 2.30. The summed E-state index contributed by atoms with van der Waals surface area (Å²) in [5, 5.41) is 0. The Labute approximate surface area is 89.3 Å². The van der Waals surface area contributed by atoms with Crippen LogP contribution in [0.2, 0.25) is 0 Å². The Bertz CT molecular complexity index is 284. The van der Waals surface area contributed by atoms with Gasteiger partial charge in [-0.05, 0) is 30.5 Å². The van der Waals surface area contributed by atoms with Gasteiger partial charge in [-0.1, -0.05) is 0 Å². The molecule has 0 N–H and O–H groups in total. The molecule has 0 bridgehead atoms. The highest BCUT2D eigenvalue weighted by atomic mass is 32.2. The van der Waals surface area contributed by atoms with Crippen molar-refractivity contribution in [1.82, 2.24) is 0 Å². The molecule has 1 aromatic rings. The summed E-state index contributed by atoms with van der Waals surface area (Å²) >= 11 is 1.83. The van der Waals surface area contributed by atoms with Gasteiger partial charge in [0.05, 0.1) is 0 Å². The summed E-state index contributed by atoms with van der Waals surface area (Å²) in [4.78, 5) is 12.6. The van der Waals surface area contributed by atoms with E-state index in [0.717, 1.165) is 29.8 Å². The molecule has 14 heavy (non-hydrogen) atoms. The average molecular weight is 209 g/mol. The molecule has 0 saturated heterocycles. The lowest BCUT2D eigenvalue weighted by molar-refractivity contribution is 0.112. The van der Waals surface area contributed by atoms with Crippen LogP contribution in [0.1, 0.15) is 10.4 Å². The molecule has 0 amide bonds. The minimum absolute atomic E-state index is 0.729. The average Bonchev–Trinajstić information content (AvgIpc) is 2.26. The van der Waals surface area contributed by atoms with Gasteiger partial charge in [-0.3, -0.25) is 4.79 Å². The molecule has 0 heterocycles. The van der Waals surface area contributed by atoms with Crippen LogP contribution in [0.3, 0.4) is 0 Å². The smallest absolute Gasteiger partial charge is 0.150 e. The van der Waals surface area contributed by atoms with Gasteiger partial charge < -0.3 is 4.90 Å². The van der Waals surface area contributed by atoms with Crippen molar-refractivity contribution in [3.8, 4) is 0 Å². The Hall–Kier alpha value is -0.960. The fourth-order valence-corrected chi connectivity index (χ4v) is 1.62. The second kappa shape index (κ2) is 5.70. The Morgan fingerprint density at radius 2 is 2.00 bits per heavy atom. The van der Waals surface area contributed by atoms with Crippen molar-refractivity contribution in [2.24, 2.45) is 0 Å². The minimum Gasteiger partial charge on any atom is -0.374 e. The summed E-state index contributed by atoms with van der Waals surface area (Å²) in [6.07, 6.45) is 2.97. The van der Waals surface area contributed by atoms with Gasteiger partial charge in [0.1, 0.15) is 6.29 Å². The normalized spacial score (nSPS) is 9.86. The van der Waals surface area contributed by atoms with E-state index in [-0.39, 0.29) is 0 Å². The molecule has 1 aromatic carbocycles. The Balaban J connectivity index is 2.61. The summed E-state index contributed by atoms with van der Waals surface area (Å²) in [6.45, 7) is 1.03.